The van der Waals surface area contributed by atoms with E-state index < -0.39 is 17.7 Å². The first-order valence-corrected chi connectivity index (χ1v) is 8.97. The molecule has 138 valence electrons. The van der Waals surface area contributed by atoms with Crippen molar-refractivity contribution in [1.29, 1.82) is 0 Å². The van der Waals surface area contributed by atoms with Crippen molar-refractivity contribution in [2.45, 2.75) is 31.5 Å². The van der Waals surface area contributed by atoms with E-state index in [2.05, 4.69) is 0 Å². The molecule has 3 rings (SSSR count). The molecule has 1 aliphatic heterocycles. The Labute approximate surface area is 160 Å². The summed E-state index contributed by atoms with van der Waals surface area (Å²) in [5.74, 6) is -1.32. The van der Waals surface area contributed by atoms with Gasteiger partial charge in [-0.05, 0) is 31.5 Å². The predicted molar refractivity (Wildman–Crippen MR) is 96.6 cm³/mol. The molecule has 26 heavy (non-hydrogen) atoms. The quantitative estimate of drug-likeness (QED) is 0.735. The van der Waals surface area contributed by atoms with Crippen LogP contribution >= 0.6 is 23.2 Å². The van der Waals surface area contributed by atoms with Gasteiger partial charge in [-0.2, -0.15) is 0 Å². The molecule has 1 N–H and O–H groups in total. The maximum atomic E-state index is 14.2. The lowest BCUT2D eigenvalue weighted by atomic mass is 9.98. The lowest BCUT2D eigenvalue weighted by Crippen LogP contribution is -2.34. The van der Waals surface area contributed by atoms with Gasteiger partial charge < -0.3 is 5.11 Å². The molecule has 0 saturated carbocycles. The number of carbonyl (C=O) groups excluding carboxylic acids is 1. The average Bonchev–Trinajstić information content (AvgIpc) is 3.09. The number of hydrogen-bond donors (Lipinski definition) is 1. The summed E-state index contributed by atoms with van der Waals surface area (Å²) in [5.41, 5.74) is 0.499. The summed E-state index contributed by atoms with van der Waals surface area (Å²) in [6.07, 6.45) is 0.802. The number of nitrogens with zero attached hydrogens (tertiary/aromatic N) is 1. The second-order valence-corrected chi connectivity index (χ2v) is 7.11. The Kier molecular flexibility index (Phi) is 5.92. The van der Waals surface area contributed by atoms with Gasteiger partial charge in [0.15, 0.2) is 12.1 Å². The third kappa shape index (κ3) is 3.62. The molecule has 2 unspecified atom stereocenters. The van der Waals surface area contributed by atoms with Crippen LogP contribution in [0.1, 0.15) is 40.4 Å². The number of hydrogen-bond acceptors (Lipinski definition) is 3. The number of aliphatic hydroxyl groups is 1. The van der Waals surface area contributed by atoms with Gasteiger partial charge >= 0.3 is 0 Å². The van der Waals surface area contributed by atoms with E-state index in [-0.39, 0.29) is 33.8 Å². The molecule has 0 amide bonds. The monoisotopic (exact) mass is 399 g/mol. The molecular weight excluding hydrogens is 383 g/mol. The van der Waals surface area contributed by atoms with Gasteiger partial charge in [-0.15, -0.1) is 0 Å². The fourth-order valence-electron chi connectivity index (χ4n) is 3.40. The van der Waals surface area contributed by atoms with Crippen molar-refractivity contribution in [2.24, 2.45) is 0 Å². The molecular formula is C19H17Cl2F2NO2. The van der Waals surface area contributed by atoms with Crippen LogP contribution in [0.3, 0.4) is 0 Å². The second kappa shape index (κ2) is 8.01. The molecule has 0 aromatic heterocycles. The standard InChI is InChI=1S/C19H17Cl2F2NO2/c20-14-4-1-3-11(17(14)22)9-24-8-2-5-15(24)19(26)13-7-6-12(10-25)18(23)16(13)21/h1,3-4,6-7,10,15,19,26H,2,5,8-9H2. The summed E-state index contributed by atoms with van der Waals surface area (Å²) in [6, 6.07) is 7.21. The number of carbonyl (C=O) groups is 1. The summed E-state index contributed by atoms with van der Waals surface area (Å²) in [7, 11) is 0. The lowest BCUT2D eigenvalue weighted by Gasteiger charge is -2.29. The lowest BCUT2D eigenvalue weighted by molar-refractivity contribution is 0.0681. The van der Waals surface area contributed by atoms with E-state index in [0.29, 0.717) is 24.8 Å². The van der Waals surface area contributed by atoms with Crippen LogP contribution in [-0.2, 0) is 6.54 Å². The number of halogens is 4. The zero-order valence-corrected chi connectivity index (χ0v) is 15.3. The molecule has 2 atom stereocenters. The third-order valence-electron chi connectivity index (χ3n) is 4.77. The van der Waals surface area contributed by atoms with E-state index >= 15 is 0 Å². The Bertz CT molecular complexity index is 831. The fraction of sp³-hybridized carbons (Fsp3) is 0.316. The minimum atomic E-state index is -1.05. The van der Waals surface area contributed by atoms with Crippen molar-refractivity contribution in [3.05, 3.63) is 68.7 Å². The molecule has 3 nitrogen and oxygen atoms in total. The second-order valence-electron chi connectivity index (χ2n) is 6.33. The van der Waals surface area contributed by atoms with Crippen LogP contribution < -0.4 is 0 Å². The largest absolute Gasteiger partial charge is 0.387 e. The van der Waals surface area contributed by atoms with Crippen molar-refractivity contribution < 1.29 is 18.7 Å². The normalized spacial score (nSPS) is 18.9. The minimum absolute atomic E-state index is 0.0494. The number of aldehydes is 1. The van der Waals surface area contributed by atoms with Gasteiger partial charge in [0.1, 0.15) is 5.82 Å². The number of aliphatic hydroxyl groups excluding tert-OH is 1. The van der Waals surface area contributed by atoms with E-state index in [1.807, 2.05) is 4.90 Å². The Morgan fingerprint density at radius 3 is 2.73 bits per heavy atom. The van der Waals surface area contributed by atoms with Gasteiger partial charge in [-0.3, -0.25) is 9.69 Å². The highest BCUT2D eigenvalue weighted by atomic mass is 35.5. The zero-order chi connectivity index (χ0) is 18.8. The Balaban J connectivity index is 1.85. The number of rotatable bonds is 5. The van der Waals surface area contributed by atoms with Crippen molar-refractivity contribution in [1.82, 2.24) is 4.90 Å². The van der Waals surface area contributed by atoms with Crippen LogP contribution in [0.2, 0.25) is 10.0 Å². The summed E-state index contributed by atoms with van der Waals surface area (Å²) in [5, 5.41) is 10.5. The van der Waals surface area contributed by atoms with Crippen molar-refractivity contribution in [3.63, 3.8) is 0 Å². The highest BCUT2D eigenvalue weighted by molar-refractivity contribution is 6.32. The van der Waals surface area contributed by atoms with Gasteiger partial charge in [0.2, 0.25) is 0 Å². The van der Waals surface area contributed by atoms with Crippen LogP contribution in [0.25, 0.3) is 0 Å². The third-order valence-corrected chi connectivity index (χ3v) is 5.45. The maximum Gasteiger partial charge on any atom is 0.153 e. The molecule has 0 bridgehead atoms. The van der Waals surface area contributed by atoms with E-state index in [1.54, 1.807) is 12.1 Å². The molecule has 1 fully saturated rings. The SMILES string of the molecule is O=Cc1ccc(C(O)C2CCCN2Cc2cccc(Cl)c2F)c(Cl)c1F. The first kappa shape index (κ1) is 19.2. The number of benzene rings is 2. The predicted octanol–water partition coefficient (Wildman–Crippen LogP) is 4.78. The Morgan fingerprint density at radius 1 is 1.23 bits per heavy atom. The average molecular weight is 400 g/mol. The van der Waals surface area contributed by atoms with Crippen molar-refractivity contribution in [2.75, 3.05) is 6.54 Å². The number of likely N-dealkylation sites (tertiary alicyclic amines) is 1. The first-order chi connectivity index (χ1) is 12.4. The van der Waals surface area contributed by atoms with Crippen molar-refractivity contribution in [3.8, 4) is 0 Å². The molecule has 0 aliphatic carbocycles. The molecule has 0 radical (unpaired) electrons. The highest BCUT2D eigenvalue weighted by Gasteiger charge is 2.33. The van der Waals surface area contributed by atoms with E-state index in [9.17, 15) is 18.7 Å². The van der Waals surface area contributed by atoms with Gasteiger partial charge in [-0.1, -0.05) is 41.4 Å². The molecule has 1 aliphatic rings. The minimum Gasteiger partial charge on any atom is -0.387 e. The van der Waals surface area contributed by atoms with E-state index in [1.165, 1.54) is 18.2 Å². The van der Waals surface area contributed by atoms with Crippen LogP contribution in [-0.4, -0.2) is 28.9 Å². The highest BCUT2D eigenvalue weighted by Crippen LogP contribution is 2.36. The summed E-state index contributed by atoms with van der Waals surface area (Å²) >= 11 is 11.8. The Morgan fingerprint density at radius 2 is 2.00 bits per heavy atom. The molecule has 2 aromatic rings. The summed E-state index contributed by atoms with van der Waals surface area (Å²) in [6.45, 7) is 0.945. The fourth-order valence-corrected chi connectivity index (χ4v) is 3.88. The smallest absolute Gasteiger partial charge is 0.153 e. The molecule has 1 saturated heterocycles. The van der Waals surface area contributed by atoms with Gasteiger partial charge in [0.25, 0.3) is 0 Å². The van der Waals surface area contributed by atoms with E-state index in [4.69, 9.17) is 23.2 Å². The molecule has 1 heterocycles. The Hall–Kier alpha value is -1.53. The van der Waals surface area contributed by atoms with Crippen LogP contribution in [0.4, 0.5) is 8.78 Å². The van der Waals surface area contributed by atoms with E-state index in [0.717, 1.165) is 6.42 Å². The molecule has 7 heteroatoms. The van der Waals surface area contributed by atoms with Gasteiger partial charge in [0, 0.05) is 23.7 Å². The molecule has 2 aromatic carbocycles. The van der Waals surface area contributed by atoms with Gasteiger partial charge in [-0.25, -0.2) is 8.78 Å². The summed E-state index contributed by atoms with van der Waals surface area (Å²) in [4.78, 5) is 12.7. The topological polar surface area (TPSA) is 40.5 Å². The molecule has 0 spiro atoms. The van der Waals surface area contributed by atoms with Crippen LogP contribution in [0.15, 0.2) is 30.3 Å². The van der Waals surface area contributed by atoms with Gasteiger partial charge in [0.05, 0.1) is 21.7 Å². The maximum absolute atomic E-state index is 14.2. The van der Waals surface area contributed by atoms with Crippen LogP contribution in [0, 0.1) is 11.6 Å². The zero-order valence-electron chi connectivity index (χ0n) is 13.8. The van der Waals surface area contributed by atoms with Crippen molar-refractivity contribution >= 4 is 29.5 Å². The first-order valence-electron chi connectivity index (χ1n) is 8.22. The van der Waals surface area contributed by atoms with Crippen LogP contribution in [0.5, 0.6) is 0 Å². The summed E-state index contributed by atoms with van der Waals surface area (Å²) < 4.78 is 28.3.